The maximum atomic E-state index is 12.5. The Bertz CT molecular complexity index is 658. The Morgan fingerprint density at radius 2 is 0.804 bits per heavy atom. The fourth-order valence-corrected chi connectivity index (χ4v) is 6.40. The molecule has 0 aliphatic carbocycles. The molecule has 0 bridgehead atoms. The summed E-state index contributed by atoms with van der Waals surface area (Å²) in [5.41, 5.74) is 0. The normalized spacial score (nSPS) is 12.2. The summed E-state index contributed by atoms with van der Waals surface area (Å²) in [5.74, 6) is -0.637. The van der Waals surface area contributed by atoms with Gasteiger partial charge in [-0.25, -0.2) is 0 Å². The first-order valence-electron chi connectivity index (χ1n) is 20.7. The van der Waals surface area contributed by atoms with Crippen LogP contribution in [0.4, 0.5) is 0 Å². The van der Waals surface area contributed by atoms with E-state index in [9.17, 15) is 9.59 Å². The Labute approximate surface area is 287 Å². The Morgan fingerprint density at radius 3 is 1.24 bits per heavy atom. The van der Waals surface area contributed by atoms with Crippen molar-refractivity contribution in [1.82, 2.24) is 0 Å². The van der Waals surface area contributed by atoms with Crippen LogP contribution in [0.1, 0.15) is 239 Å². The number of rotatable bonds is 38. The zero-order valence-corrected chi connectivity index (χ0v) is 31.2. The van der Waals surface area contributed by atoms with Gasteiger partial charge in [0.15, 0.2) is 0 Å². The summed E-state index contributed by atoms with van der Waals surface area (Å²) in [4.78, 5) is 23.0. The van der Waals surface area contributed by atoms with Crippen molar-refractivity contribution < 1.29 is 19.4 Å². The van der Waals surface area contributed by atoms with Gasteiger partial charge in [-0.15, -0.1) is 0 Å². The van der Waals surface area contributed by atoms with Crippen molar-refractivity contribution >= 4 is 11.9 Å². The summed E-state index contributed by atoms with van der Waals surface area (Å²) in [6.45, 7) is 4.50. The molecule has 1 unspecified atom stereocenters. The molecule has 4 nitrogen and oxygen atoms in total. The zero-order valence-electron chi connectivity index (χ0n) is 31.2. The number of carbonyl (C=O) groups is 2. The number of ether oxygens (including phenoxy) is 1. The van der Waals surface area contributed by atoms with Crippen molar-refractivity contribution in [2.75, 3.05) is 0 Å². The van der Waals surface area contributed by atoms with E-state index in [0.717, 1.165) is 51.4 Å². The smallest absolute Gasteiger partial charge is 0.306 e. The molecule has 0 radical (unpaired) electrons. The molecule has 0 aromatic rings. The van der Waals surface area contributed by atoms with Gasteiger partial charge in [0.05, 0.1) is 0 Å². The molecule has 0 rings (SSSR count). The summed E-state index contributed by atoms with van der Waals surface area (Å²) in [6.07, 6.45) is 47.2. The lowest BCUT2D eigenvalue weighted by Gasteiger charge is -2.18. The molecule has 0 spiro atoms. The summed E-state index contributed by atoms with van der Waals surface area (Å²) in [5, 5.41) is 8.68. The molecule has 4 heteroatoms. The molecule has 1 N–H and O–H groups in total. The number of carboxylic acids is 1. The average molecular weight is 649 g/mol. The average Bonchev–Trinajstić information content (AvgIpc) is 3.04. The largest absolute Gasteiger partial charge is 0.481 e. The number of hydrogen-bond acceptors (Lipinski definition) is 3. The van der Waals surface area contributed by atoms with E-state index < -0.39 is 5.97 Å². The fourth-order valence-electron chi connectivity index (χ4n) is 6.40. The van der Waals surface area contributed by atoms with Crippen LogP contribution >= 0.6 is 0 Å². The van der Waals surface area contributed by atoms with E-state index in [1.165, 1.54) is 161 Å². The highest BCUT2D eigenvalue weighted by atomic mass is 16.5. The molecule has 1 atom stereocenters. The van der Waals surface area contributed by atoms with Crippen LogP contribution in [0.3, 0.4) is 0 Å². The first kappa shape index (κ1) is 44.7. The second-order valence-corrected chi connectivity index (χ2v) is 14.2. The third-order valence-corrected chi connectivity index (χ3v) is 9.49. The molecule has 0 amide bonds. The Morgan fingerprint density at radius 1 is 0.457 bits per heavy atom. The highest BCUT2D eigenvalue weighted by Crippen LogP contribution is 2.18. The fraction of sp³-hybridized carbons (Fsp3) is 0.905. The lowest BCUT2D eigenvalue weighted by atomic mass is 10.0. The molecule has 0 saturated heterocycles. The predicted octanol–water partition coefficient (Wildman–Crippen LogP) is 14.2. The van der Waals surface area contributed by atoms with E-state index in [-0.39, 0.29) is 12.1 Å². The molecule has 272 valence electrons. The van der Waals surface area contributed by atoms with E-state index in [2.05, 4.69) is 26.0 Å². The van der Waals surface area contributed by atoms with E-state index in [4.69, 9.17) is 9.84 Å². The van der Waals surface area contributed by atoms with Crippen molar-refractivity contribution in [2.45, 2.75) is 245 Å². The molecule has 0 fully saturated rings. The van der Waals surface area contributed by atoms with Crippen molar-refractivity contribution in [3.63, 3.8) is 0 Å². The molecule has 0 saturated carbocycles. The molecule has 46 heavy (non-hydrogen) atoms. The van der Waals surface area contributed by atoms with Crippen LogP contribution in [-0.4, -0.2) is 23.1 Å². The number of allylic oxidation sites excluding steroid dienone is 2. The summed E-state index contributed by atoms with van der Waals surface area (Å²) in [7, 11) is 0. The standard InChI is InChI=1S/C42H80O4/c1-3-5-7-8-9-10-11-12-13-14-15-16-17-18-23-26-29-32-35-39-42(45)46-40(36-6-4-2)37-33-30-27-24-21-19-20-22-25-28-31-34-38-41(43)44/h12-13,40H,3-11,14-39H2,1-2H3,(H,43,44)/b13-12-. The molecule has 0 aliphatic heterocycles. The summed E-state index contributed by atoms with van der Waals surface area (Å²) in [6, 6.07) is 0. The molecular formula is C42H80O4. The highest BCUT2D eigenvalue weighted by Gasteiger charge is 2.14. The SMILES string of the molecule is CCCCCCCC/C=C\CCCCCCCCCCCC(=O)OC(CCCC)CCCCCCCCCCCCCCC(=O)O. The predicted molar refractivity (Wildman–Crippen MR) is 200 cm³/mol. The highest BCUT2D eigenvalue weighted by molar-refractivity contribution is 5.69. The number of carboxylic acid groups (broad SMARTS) is 1. The Kier molecular flexibility index (Phi) is 37.0. The summed E-state index contributed by atoms with van der Waals surface area (Å²) >= 11 is 0. The molecular weight excluding hydrogens is 568 g/mol. The summed E-state index contributed by atoms with van der Waals surface area (Å²) < 4.78 is 5.94. The van der Waals surface area contributed by atoms with Gasteiger partial charge in [-0.2, -0.15) is 0 Å². The second kappa shape index (κ2) is 38.1. The maximum Gasteiger partial charge on any atom is 0.306 e. The molecule has 0 aromatic heterocycles. The van der Waals surface area contributed by atoms with Gasteiger partial charge in [0, 0.05) is 12.8 Å². The van der Waals surface area contributed by atoms with E-state index in [1.807, 2.05) is 0 Å². The van der Waals surface area contributed by atoms with Crippen LogP contribution in [0.15, 0.2) is 12.2 Å². The van der Waals surface area contributed by atoms with Crippen molar-refractivity contribution in [1.29, 1.82) is 0 Å². The van der Waals surface area contributed by atoms with Crippen LogP contribution in [-0.2, 0) is 14.3 Å². The maximum absolute atomic E-state index is 12.5. The molecule has 0 aromatic carbocycles. The molecule has 0 heterocycles. The first-order chi connectivity index (χ1) is 22.6. The minimum atomic E-state index is -0.669. The minimum absolute atomic E-state index is 0.0315. The van der Waals surface area contributed by atoms with Crippen molar-refractivity contribution in [3.05, 3.63) is 12.2 Å². The number of hydrogen-bond donors (Lipinski definition) is 1. The van der Waals surface area contributed by atoms with E-state index in [0.29, 0.717) is 12.8 Å². The van der Waals surface area contributed by atoms with Gasteiger partial charge in [-0.3, -0.25) is 9.59 Å². The number of carbonyl (C=O) groups excluding carboxylic acids is 1. The quantitative estimate of drug-likeness (QED) is 0.0411. The van der Waals surface area contributed by atoms with Gasteiger partial charge in [0.1, 0.15) is 6.10 Å². The third kappa shape index (κ3) is 37.1. The number of unbranched alkanes of at least 4 members (excludes halogenated alkanes) is 27. The lowest BCUT2D eigenvalue weighted by molar-refractivity contribution is -0.150. The van der Waals surface area contributed by atoms with Gasteiger partial charge in [-0.05, 0) is 57.8 Å². The van der Waals surface area contributed by atoms with Gasteiger partial charge in [-0.1, -0.05) is 180 Å². The third-order valence-electron chi connectivity index (χ3n) is 9.49. The van der Waals surface area contributed by atoms with Gasteiger partial charge in [0.25, 0.3) is 0 Å². The van der Waals surface area contributed by atoms with Crippen LogP contribution in [0.25, 0.3) is 0 Å². The monoisotopic (exact) mass is 649 g/mol. The Balaban J connectivity index is 3.59. The topological polar surface area (TPSA) is 63.6 Å². The van der Waals surface area contributed by atoms with Crippen molar-refractivity contribution in [2.24, 2.45) is 0 Å². The first-order valence-corrected chi connectivity index (χ1v) is 20.7. The van der Waals surface area contributed by atoms with E-state index in [1.54, 1.807) is 0 Å². The number of aliphatic carboxylic acids is 1. The van der Waals surface area contributed by atoms with Crippen LogP contribution in [0, 0.1) is 0 Å². The second-order valence-electron chi connectivity index (χ2n) is 14.2. The van der Waals surface area contributed by atoms with Gasteiger partial charge >= 0.3 is 11.9 Å². The van der Waals surface area contributed by atoms with Crippen LogP contribution < -0.4 is 0 Å². The van der Waals surface area contributed by atoms with Gasteiger partial charge in [0.2, 0.25) is 0 Å². The van der Waals surface area contributed by atoms with Crippen molar-refractivity contribution in [3.8, 4) is 0 Å². The Hall–Kier alpha value is -1.32. The zero-order chi connectivity index (χ0) is 33.6. The lowest BCUT2D eigenvalue weighted by Crippen LogP contribution is -2.18. The van der Waals surface area contributed by atoms with Gasteiger partial charge < -0.3 is 9.84 Å². The molecule has 0 aliphatic rings. The van der Waals surface area contributed by atoms with E-state index >= 15 is 0 Å². The van der Waals surface area contributed by atoms with Crippen LogP contribution in [0.5, 0.6) is 0 Å². The minimum Gasteiger partial charge on any atom is -0.481 e. The number of esters is 1. The van der Waals surface area contributed by atoms with Crippen LogP contribution in [0.2, 0.25) is 0 Å².